The Bertz CT molecular complexity index is 391. The summed E-state index contributed by atoms with van der Waals surface area (Å²) in [5, 5.41) is 13.7. The van der Waals surface area contributed by atoms with Gasteiger partial charge in [0.25, 0.3) is 0 Å². The SMILES string of the molecule is CC1CCC(CNc2ccc([N+](=O)[O-])nc2)C1. The predicted molar refractivity (Wildman–Crippen MR) is 65.9 cm³/mol. The molecule has 2 unspecified atom stereocenters. The van der Waals surface area contributed by atoms with Gasteiger partial charge in [0, 0.05) is 12.6 Å². The summed E-state index contributed by atoms with van der Waals surface area (Å²) >= 11 is 0. The smallest absolute Gasteiger partial charge is 0.363 e. The van der Waals surface area contributed by atoms with Gasteiger partial charge in [0.05, 0.1) is 5.69 Å². The van der Waals surface area contributed by atoms with Crippen LogP contribution in [-0.2, 0) is 0 Å². The van der Waals surface area contributed by atoms with E-state index in [0.717, 1.165) is 24.1 Å². The Hall–Kier alpha value is -1.65. The first-order valence-electron chi connectivity index (χ1n) is 5.99. The van der Waals surface area contributed by atoms with Crippen molar-refractivity contribution in [1.82, 2.24) is 4.98 Å². The van der Waals surface area contributed by atoms with Crippen LogP contribution in [0.5, 0.6) is 0 Å². The van der Waals surface area contributed by atoms with Crippen molar-refractivity contribution in [3.05, 3.63) is 28.4 Å². The van der Waals surface area contributed by atoms with Gasteiger partial charge in [0.2, 0.25) is 0 Å². The highest BCUT2D eigenvalue weighted by Gasteiger charge is 2.20. The number of anilines is 1. The quantitative estimate of drug-likeness (QED) is 0.643. The molecule has 1 fully saturated rings. The number of nitrogens with zero attached hydrogens (tertiary/aromatic N) is 2. The minimum absolute atomic E-state index is 0.106. The Labute approximate surface area is 100 Å². The first-order valence-corrected chi connectivity index (χ1v) is 5.99. The molecule has 0 radical (unpaired) electrons. The Morgan fingerprint density at radius 3 is 2.88 bits per heavy atom. The fourth-order valence-electron chi connectivity index (χ4n) is 2.37. The number of rotatable bonds is 4. The molecule has 1 aliphatic rings. The van der Waals surface area contributed by atoms with E-state index in [-0.39, 0.29) is 5.82 Å². The summed E-state index contributed by atoms with van der Waals surface area (Å²) in [7, 11) is 0. The van der Waals surface area contributed by atoms with Crippen molar-refractivity contribution in [2.45, 2.75) is 26.2 Å². The van der Waals surface area contributed by atoms with Crippen molar-refractivity contribution < 1.29 is 4.92 Å². The van der Waals surface area contributed by atoms with Gasteiger partial charge in [-0.15, -0.1) is 0 Å². The Morgan fingerprint density at radius 2 is 2.35 bits per heavy atom. The number of nitro groups is 1. The fraction of sp³-hybridized carbons (Fsp3) is 0.583. The summed E-state index contributed by atoms with van der Waals surface area (Å²) in [6, 6.07) is 3.14. The van der Waals surface area contributed by atoms with Crippen LogP contribution < -0.4 is 5.32 Å². The molecule has 1 aromatic rings. The molecule has 5 heteroatoms. The third-order valence-electron chi connectivity index (χ3n) is 3.33. The van der Waals surface area contributed by atoms with Gasteiger partial charge >= 0.3 is 5.82 Å². The maximum atomic E-state index is 10.4. The van der Waals surface area contributed by atoms with E-state index in [2.05, 4.69) is 17.2 Å². The van der Waals surface area contributed by atoms with Gasteiger partial charge in [-0.05, 0) is 40.7 Å². The summed E-state index contributed by atoms with van der Waals surface area (Å²) in [6.45, 7) is 3.22. The van der Waals surface area contributed by atoms with Gasteiger partial charge in [-0.1, -0.05) is 13.3 Å². The summed E-state index contributed by atoms with van der Waals surface area (Å²) in [5.41, 5.74) is 0.857. The van der Waals surface area contributed by atoms with Crippen molar-refractivity contribution in [3.63, 3.8) is 0 Å². The summed E-state index contributed by atoms with van der Waals surface area (Å²) in [4.78, 5) is 13.7. The maximum Gasteiger partial charge on any atom is 0.363 e. The van der Waals surface area contributed by atoms with E-state index in [4.69, 9.17) is 0 Å². The third kappa shape index (κ3) is 3.15. The standard InChI is InChI=1S/C12H17N3O2/c1-9-2-3-10(6-9)7-13-11-4-5-12(14-8-11)15(16)17/h4-5,8-10,13H,2-3,6-7H2,1H3. The molecule has 92 valence electrons. The van der Waals surface area contributed by atoms with Gasteiger partial charge < -0.3 is 15.4 Å². The number of hydrogen-bond acceptors (Lipinski definition) is 4. The van der Waals surface area contributed by atoms with Crippen LogP contribution >= 0.6 is 0 Å². The van der Waals surface area contributed by atoms with Crippen LogP contribution in [0.15, 0.2) is 18.3 Å². The van der Waals surface area contributed by atoms with Gasteiger partial charge in [-0.25, -0.2) is 0 Å². The normalized spacial score (nSPS) is 23.6. The summed E-state index contributed by atoms with van der Waals surface area (Å²) in [5.74, 6) is 1.45. The van der Waals surface area contributed by atoms with Gasteiger partial charge in [0.15, 0.2) is 6.20 Å². The van der Waals surface area contributed by atoms with E-state index >= 15 is 0 Å². The molecule has 0 saturated heterocycles. The van der Waals surface area contributed by atoms with Crippen LogP contribution in [0.2, 0.25) is 0 Å². The molecule has 0 aromatic carbocycles. The second kappa shape index (κ2) is 5.12. The lowest BCUT2D eigenvalue weighted by Gasteiger charge is -2.10. The van der Waals surface area contributed by atoms with E-state index in [9.17, 15) is 10.1 Å². The maximum absolute atomic E-state index is 10.4. The van der Waals surface area contributed by atoms with Crippen LogP contribution in [0.1, 0.15) is 26.2 Å². The van der Waals surface area contributed by atoms with E-state index in [1.807, 2.05) is 0 Å². The zero-order valence-corrected chi connectivity index (χ0v) is 9.93. The van der Waals surface area contributed by atoms with Crippen molar-refractivity contribution in [2.75, 3.05) is 11.9 Å². The molecule has 1 saturated carbocycles. The van der Waals surface area contributed by atoms with Crippen molar-refractivity contribution >= 4 is 11.5 Å². The highest BCUT2D eigenvalue weighted by atomic mass is 16.6. The molecule has 1 N–H and O–H groups in total. The first-order chi connectivity index (χ1) is 8.15. The number of aromatic nitrogens is 1. The van der Waals surface area contributed by atoms with E-state index in [1.54, 1.807) is 6.07 Å². The number of pyridine rings is 1. The van der Waals surface area contributed by atoms with Gasteiger partial charge in [-0.2, -0.15) is 0 Å². The van der Waals surface area contributed by atoms with Gasteiger partial charge in [0.1, 0.15) is 0 Å². The molecule has 1 aliphatic carbocycles. The second-order valence-corrected chi connectivity index (χ2v) is 4.83. The van der Waals surface area contributed by atoms with Crippen molar-refractivity contribution in [1.29, 1.82) is 0 Å². The van der Waals surface area contributed by atoms with Crippen LogP contribution in [-0.4, -0.2) is 16.5 Å². The van der Waals surface area contributed by atoms with E-state index < -0.39 is 4.92 Å². The first kappa shape index (κ1) is 11.8. The minimum Gasteiger partial charge on any atom is -0.382 e. The average Bonchev–Trinajstić information content (AvgIpc) is 2.73. The van der Waals surface area contributed by atoms with E-state index in [1.165, 1.54) is 31.5 Å². The highest BCUT2D eigenvalue weighted by Crippen LogP contribution is 2.30. The molecule has 0 bridgehead atoms. The predicted octanol–water partition coefficient (Wildman–Crippen LogP) is 2.84. The topological polar surface area (TPSA) is 68.1 Å². The lowest BCUT2D eigenvalue weighted by molar-refractivity contribution is -0.389. The largest absolute Gasteiger partial charge is 0.382 e. The molecule has 0 amide bonds. The van der Waals surface area contributed by atoms with Crippen LogP contribution in [0.3, 0.4) is 0 Å². The molecule has 1 heterocycles. The molecule has 5 nitrogen and oxygen atoms in total. The Kier molecular flexibility index (Phi) is 3.56. The lowest BCUT2D eigenvalue weighted by Crippen LogP contribution is -2.11. The fourth-order valence-corrected chi connectivity index (χ4v) is 2.37. The summed E-state index contributed by atoms with van der Waals surface area (Å²) in [6.07, 6.45) is 5.38. The molecule has 0 spiro atoms. The average molecular weight is 235 g/mol. The molecule has 17 heavy (non-hydrogen) atoms. The molecule has 0 aliphatic heterocycles. The molecule has 1 aromatic heterocycles. The van der Waals surface area contributed by atoms with Crippen molar-refractivity contribution in [2.24, 2.45) is 11.8 Å². The summed E-state index contributed by atoms with van der Waals surface area (Å²) < 4.78 is 0. The van der Waals surface area contributed by atoms with Crippen molar-refractivity contribution in [3.8, 4) is 0 Å². The third-order valence-corrected chi connectivity index (χ3v) is 3.33. The lowest BCUT2D eigenvalue weighted by atomic mass is 10.1. The second-order valence-electron chi connectivity index (χ2n) is 4.83. The highest BCUT2D eigenvalue weighted by molar-refractivity contribution is 5.43. The van der Waals surface area contributed by atoms with E-state index in [0.29, 0.717) is 0 Å². The van der Waals surface area contributed by atoms with Crippen LogP contribution in [0.25, 0.3) is 0 Å². The zero-order valence-electron chi connectivity index (χ0n) is 9.93. The van der Waals surface area contributed by atoms with Crippen LogP contribution in [0.4, 0.5) is 11.5 Å². The minimum atomic E-state index is -0.484. The zero-order chi connectivity index (χ0) is 12.3. The Balaban J connectivity index is 1.85. The molecular weight excluding hydrogens is 218 g/mol. The van der Waals surface area contributed by atoms with Gasteiger partial charge in [-0.3, -0.25) is 0 Å². The Morgan fingerprint density at radius 1 is 1.53 bits per heavy atom. The molecular formula is C12H17N3O2. The number of hydrogen-bond donors (Lipinski definition) is 1. The number of nitrogens with one attached hydrogen (secondary N) is 1. The molecule has 2 rings (SSSR count). The van der Waals surface area contributed by atoms with Crippen LogP contribution in [0, 0.1) is 22.0 Å². The molecule has 2 atom stereocenters. The monoisotopic (exact) mass is 235 g/mol.